The summed E-state index contributed by atoms with van der Waals surface area (Å²) < 4.78 is 10.8. The molecule has 2 aromatic rings. The van der Waals surface area contributed by atoms with Crippen LogP contribution in [0.1, 0.15) is 10.4 Å². The molecule has 2 aromatic carbocycles. The molecule has 0 aliphatic carbocycles. The van der Waals surface area contributed by atoms with Crippen molar-refractivity contribution in [1.29, 1.82) is 0 Å². The molecule has 0 heterocycles. The maximum Gasteiger partial charge on any atom is 0.252 e. The molecule has 0 aromatic heterocycles. The number of carbonyl (C=O) groups excluding carboxylic acids is 1. The summed E-state index contributed by atoms with van der Waals surface area (Å²) in [5.74, 6) is 1.98. The average Bonchev–Trinajstić information content (AvgIpc) is 2.73. The highest BCUT2D eigenvalue weighted by Crippen LogP contribution is 2.16. The molecule has 0 aliphatic rings. The number of rotatable bonds is 9. The summed E-state index contributed by atoms with van der Waals surface area (Å²) in [6.07, 6.45) is 0. The van der Waals surface area contributed by atoms with E-state index in [0.717, 1.165) is 11.5 Å². The van der Waals surface area contributed by atoms with Gasteiger partial charge in [-0.2, -0.15) is 0 Å². The van der Waals surface area contributed by atoms with Crippen LogP contribution in [0.15, 0.2) is 53.5 Å². The smallest absolute Gasteiger partial charge is 0.252 e. The van der Waals surface area contributed by atoms with E-state index in [1.807, 2.05) is 24.3 Å². The van der Waals surface area contributed by atoms with Gasteiger partial charge in [0.2, 0.25) is 0 Å². The summed E-state index contributed by atoms with van der Waals surface area (Å²) in [4.78, 5) is 16.2. The second-order valence-corrected chi connectivity index (χ2v) is 6.09. The lowest BCUT2D eigenvalue weighted by Gasteiger charge is -2.13. The van der Waals surface area contributed by atoms with E-state index in [1.165, 1.54) is 0 Å². The van der Waals surface area contributed by atoms with E-state index in [9.17, 15) is 4.79 Å². The summed E-state index contributed by atoms with van der Waals surface area (Å²) in [5, 5.41) is 9.52. The Balaban J connectivity index is 1.62. The molecule has 0 saturated heterocycles. The van der Waals surface area contributed by atoms with Gasteiger partial charge < -0.3 is 25.4 Å². The first kappa shape index (κ1) is 21.4. The minimum atomic E-state index is -0.205. The molecule has 1 amide bonds. The highest BCUT2D eigenvalue weighted by Gasteiger charge is 2.08. The average molecular weight is 405 g/mol. The topological polar surface area (TPSA) is 84.0 Å². The fourth-order valence-electron chi connectivity index (χ4n) is 2.33. The van der Waals surface area contributed by atoms with Crippen molar-refractivity contribution in [2.45, 2.75) is 0 Å². The summed E-state index contributed by atoms with van der Waals surface area (Å²) in [6, 6.07) is 14.3. The number of hydrogen-bond acceptors (Lipinski definition) is 4. The molecule has 0 unspecified atom stereocenters. The number of carbonyl (C=O) groups is 1. The van der Waals surface area contributed by atoms with Gasteiger partial charge in [0.15, 0.2) is 5.96 Å². The molecular formula is C20H25ClN4O3. The Morgan fingerprint density at radius 2 is 1.61 bits per heavy atom. The monoisotopic (exact) mass is 404 g/mol. The number of aliphatic imine (C=N–C) groups is 1. The minimum Gasteiger partial charge on any atom is -0.497 e. The first-order chi connectivity index (χ1) is 13.6. The molecule has 0 bridgehead atoms. The molecule has 0 aliphatic heterocycles. The Bertz CT molecular complexity index is 781. The number of nitrogens with zero attached hydrogens (tertiary/aromatic N) is 1. The van der Waals surface area contributed by atoms with Crippen LogP contribution in [0.2, 0.25) is 5.02 Å². The van der Waals surface area contributed by atoms with E-state index in [-0.39, 0.29) is 5.91 Å². The third-order valence-corrected chi connectivity index (χ3v) is 4.10. The van der Waals surface area contributed by atoms with Crippen LogP contribution in [-0.4, -0.2) is 52.3 Å². The molecule has 8 heteroatoms. The molecule has 2 rings (SSSR count). The number of hydrogen-bond donors (Lipinski definition) is 3. The number of ether oxygens (including phenoxy) is 2. The Labute approximate surface area is 170 Å². The van der Waals surface area contributed by atoms with Crippen molar-refractivity contribution in [3.63, 3.8) is 0 Å². The number of benzene rings is 2. The van der Waals surface area contributed by atoms with E-state index in [0.29, 0.717) is 42.8 Å². The van der Waals surface area contributed by atoms with Crippen molar-refractivity contribution < 1.29 is 14.3 Å². The lowest BCUT2D eigenvalue weighted by Crippen LogP contribution is -2.42. The number of halogens is 1. The van der Waals surface area contributed by atoms with Crippen molar-refractivity contribution in [2.75, 3.05) is 40.4 Å². The van der Waals surface area contributed by atoms with Crippen molar-refractivity contribution in [1.82, 2.24) is 16.0 Å². The summed E-state index contributed by atoms with van der Waals surface area (Å²) in [5.41, 5.74) is 0.461. The van der Waals surface area contributed by atoms with Crippen molar-refractivity contribution in [2.24, 2.45) is 4.99 Å². The number of guanidine groups is 1. The second-order valence-electron chi connectivity index (χ2n) is 5.69. The Kier molecular flexibility index (Phi) is 8.94. The van der Waals surface area contributed by atoms with Crippen LogP contribution >= 0.6 is 11.6 Å². The van der Waals surface area contributed by atoms with Gasteiger partial charge in [0, 0.05) is 20.1 Å². The summed E-state index contributed by atoms with van der Waals surface area (Å²) >= 11 is 6.01. The molecule has 3 N–H and O–H groups in total. The SMILES string of the molecule is CN=C(NCCNC(=O)c1ccccc1Cl)NCCOc1ccc(OC)cc1. The van der Waals surface area contributed by atoms with Crippen molar-refractivity contribution in [3.8, 4) is 11.5 Å². The van der Waals surface area contributed by atoms with Crippen LogP contribution < -0.4 is 25.4 Å². The molecule has 0 spiro atoms. The Morgan fingerprint density at radius 3 is 2.29 bits per heavy atom. The van der Waals surface area contributed by atoms with Crippen LogP contribution in [0.3, 0.4) is 0 Å². The van der Waals surface area contributed by atoms with Gasteiger partial charge in [0.05, 0.1) is 24.2 Å². The Morgan fingerprint density at radius 1 is 0.964 bits per heavy atom. The van der Waals surface area contributed by atoms with Crippen LogP contribution in [0.5, 0.6) is 11.5 Å². The standard InChI is InChI=1S/C20H25ClN4O3/c1-22-20(25-13-14-28-16-9-7-15(27-2)8-10-16)24-12-11-23-19(26)17-5-3-4-6-18(17)21/h3-10H,11-14H2,1-2H3,(H,23,26)(H2,22,24,25). The molecule has 150 valence electrons. The van der Waals surface area contributed by atoms with Gasteiger partial charge in [0.25, 0.3) is 5.91 Å². The molecule has 0 saturated carbocycles. The predicted molar refractivity (Wildman–Crippen MR) is 112 cm³/mol. The van der Waals surface area contributed by atoms with Crippen LogP contribution in [0, 0.1) is 0 Å². The fourth-order valence-corrected chi connectivity index (χ4v) is 2.55. The molecule has 0 atom stereocenters. The zero-order chi connectivity index (χ0) is 20.2. The van der Waals surface area contributed by atoms with Gasteiger partial charge in [-0.05, 0) is 36.4 Å². The molecule has 28 heavy (non-hydrogen) atoms. The zero-order valence-electron chi connectivity index (χ0n) is 16.0. The third kappa shape index (κ3) is 7.00. The largest absolute Gasteiger partial charge is 0.497 e. The molecule has 0 radical (unpaired) electrons. The van der Waals surface area contributed by atoms with Crippen molar-refractivity contribution >= 4 is 23.5 Å². The van der Waals surface area contributed by atoms with Gasteiger partial charge >= 0.3 is 0 Å². The predicted octanol–water partition coefficient (Wildman–Crippen LogP) is 2.32. The maximum absolute atomic E-state index is 12.1. The fraction of sp³-hybridized carbons (Fsp3) is 0.300. The molecule has 0 fully saturated rings. The minimum absolute atomic E-state index is 0.205. The quantitative estimate of drug-likeness (QED) is 0.339. The van der Waals surface area contributed by atoms with Gasteiger partial charge in [-0.25, -0.2) is 0 Å². The van der Waals surface area contributed by atoms with E-state index in [4.69, 9.17) is 21.1 Å². The lowest BCUT2D eigenvalue weighted by atomic mass is 10.2. The zero-order valence-corrected chi connectivity index (χ0v) is 16.8. The first-order valence-corrected chi connectivity index (χ1v) is 9.26. The molecule has 7 nitrogen and oxygen atoms in total. The first-order valence-electron chi connectivity index (χ1n) is 8.88. The van der Waals surface area contributed by atoms with Gasteiger partial charge in [-0.15, -0.1) is 0 Å². The normalized spacial score (nSPS) is 10.9. The van der Waals surface area contributed by atoms with Crippen molar-refractivity contribution in [3.05, 3.63) is 59.1 Å². The highest BCUT2D eigenvalue weighted by molar-refractivity contribution is 6.33. The summed E-state index contributed by atoms with van der Waals surface area (Å²) in [7, 11) is 3.31. The van der Waals surface area contributed by atoms with Crippen LogP contribution in [0.25, 0.3) is 0 Å². The van der Waals surface area contributed by atoms with E-state index in [2.05, 4.69) is 20.9 Å². The van der Waals surface area contributed by atoms with Gasteiger partial charge in [-0.1, -0.05) is 23.7 Å². The number of methoxy groups -OCH3 is 1. The second kappa shape index (κ2) is 11.7. The van der Waals surface area contributed by atoms with Gasteiger partial charge in [0.1, 0.15) is 18.1 Å². The van der Waals surface area contributed by atoms with E-state index >= 15 is 0 Å². The highest BCUT2D eigenvalue weighted by atomic mass is 35.5. The van der Waals surface area contributed by atoms with Crippen LogP contribution in [0.4, 0.5) is 0 Å². The Hall–Kier alpha value is -2.93. The van der Waals surface area contributed by atoms with Crippen LogP contribution in [-0.2, 0) is 0 Å². The maximum atomic E-state index is 12.1. The summed E-state index contributed by atoms with van der Waals surface area (Å²) in [6.45, 7) is 2.02. The number of nitrogens with one attached hydrogen (secondary N) is 3. The molecular weight excluding hydrogens is 380 g/mol. The third-order valence-electron chi connectivity index (χ3n) is 3.77. The lowest BCUT2D eigenvalue weighted by molar-refractivity contribution is 0.0954. The van der Waals surface area contributed by atoms with E-state index in [1.54, 1.807) is 38.4 Å². The number of amides is 1. The van der Waals surface area contributed by atoms with E-state index < -0.39 is 0 Å². The van der Waals surface area contributed by atoms with Gasteiger partial charge in [-0.3, -0.25) is 9.79 Å².